The highest BCUT2D eigenvalue weighted by molar-refractivity contribution is 5.29. The summed E-state index contributed by atoms with van der Waals surface area (Å²) < 4.78 is 30.2. The van der Waals surface area contributed by atoms with Crippen molar-refractivity contribution >= 4 is 0 Å². The van der Waals surface area contributed by atoms with E-state index in [4.69, 9.17) is 4.74 Å². The number of hydrogen-bond acceptors (Lipinski definition) is 1. The van der Waals surface area contributed by atoms with E-state index in [0.717, 1.165) is 12.8 Å². The number of alkyl halides is 2. The predicted octanol–water partition coefficient (Wildman–Crippen LogP) is 4.44. The van der Waals surface area contributed by atoms with Crippen molar-refractivity contribution in [2.24, 2.45) is 5.92 Å². The van der Waals surface area contributed by atoms with Crippen LogP contribution in [-0.2, 0) is 0 Å². The number of hydrogen-bond donors (Lipinski definition) is 0. The summed E-state index contributed by atoms with van der Waals surface area (Å²) in [6.07, 6.45) is -0.385. The normalized spacial score (nSPS) is 11.1. The molecule has 0 saturated carbocycles. The van der Waals surface area contributed by atoms with E-state index in [-0.39, 0.29) is 5.56 Å². The molecule has 1 aromatic carbocycles. The lowest BCUT2D eigenvalue weighted by Gasteiger charge is -2.08. The summed E-state index contributed by atoms with van der Waals surface area (Å²) in [4.78, 5) is 0. The highest BCUT2D eigenvalue weighted by Gasteiger charge is 2.07. The van der Waals surface area contributed by atoms with Crippen LogP contribution in [0, 0.1) is 5.92 Å². The van der Waals surface area contributed by atoms with Gasteiger partial charge in [0.1, 0.15) is 5.75 Å². The van der Waals surface area contributed by atoms with Gasteiger partial charge in [-0.25, -0.2) is 8.78 Å². The number of ether oxygens (including phenoxy) is 1. The van der Waals surface area contributed by atoms with E-state index < -0.39 is 6.43 Å². The van der Waals surface area contributed by atoms with Crippen molar-refractivity contribution in [2.75, 3.05) is 6.61 Å². The maximum Gasteiger partial charge on any atom is 0.263 e. The molecule has 3 heteroatoms. The Labute approximate surface area is 95.4 Å². The molecule has 0 aromatic heterocycles. The molecule has 0 amide bonds. The van der Waals surface area contributed by atoms with Gasteiger partial charge in [-0.3, -0.25) is 0 Å². The van der Waals surface area contributed by atoms with Crippen LogP contribution in [0.3, 0.4) is 0 Å². The van der Waals surface area contributed by atoms with Gasteiger partial charge in [-0.1, -0.05) is 26.0 Å². The standard InChI is InChI=1S/C13H18F2O/c1-10(2)5-4-8-16-12-7-3-6-11(9-12)13(14)15/h3,6-7,9-10,13H,4-5,8H2,1-2H3. The van der Waals surface area contributed by atoms with Gasteiger partial charge in [0.25, 0.3) is 6.43 Å². The Bertz CT molecular complexity index is 311. The highest BCUT2D eigenvalue weighted by Crippen LogP contribution is 2.23. The second-order valence-electron chi connectivity index (χ2n) is 4.26. The van der Waals surface area contributed by atoms with Crippen LogP contribution in [0.2, 0.25) is 0 Å². The molecule has 0 aliphatic carbocycles. The van der Waals surface area contributed by atoms with Gasteiger partial charge in [-0.15, -0.1) is 0 Å². The van der Waals surface area contributed by atoms with Crippen LogP contribution in [0.1, 0.15) is 38.7 Å². The van der Waals surface area contributed by atoms with E-state index in [1.54, 1.807) is 12.1 Å². The van der Waals surface area contributed by atoms with E-state index in [9.17, 15) is 8.78 Å². The van der Waals surface area contributed by atoms with Gasteiger partial charge in [-0.2, -0.15) is 0 Å². The van der Waals surface area contributed by atoms with Crippen LogP contribution in [-0.4, -0.2) is 6.61 Å². The van der Waals surface area contributed by atoms with Crippen LogP contribution in [0.5, 0.6) is 5.75 Å². The summed E-state index contributed by atoms with van der Waals surface area (Å²) in [5.74, 6) is 1.18. The Morgan fingerprint density at radius 1 is 1.25 bits per heavy atom. The van der Waals surface area contributed by atoms with Gasteiger partial charge in [0, 0.05) is 5.56 Å². The minimum Gasteiger partial charge on any atom is -0.494 e. The smallest absolute Gasteiger partial charge is 0.263 e. The summed E-state index contributed by atoms with van der Waals surface area (Å²) in [5, 5.41) is 0. The van der Waals surface area contributed by atoms with Crippen molar-refractivity contribution in [3.05, 3.63) is 29.8 Å². The van der Waals surface area contributed by atoms with Crippen LogP contribution >= 0.6 is 0 Å². The molecular formula is C13H18F2O. The molecule has 0 fully saturated rings. The molecule has 0 bridgehead atoms. The minimum atomic E-state index is -2.43. The summed E-state index contributed by atoms with van der Waals surface area (Å²) in [6.45, 7) is 4.89. The summed E-state index contributed by atoms with van der Waals surface area (Å²) in [7, 11) is 0. The van der Waals surface area contributed by atoms with E-state index in [0.29, 0.717) is 18.3 Å². The fourth-order valence-electron chi connectivity index (χ4n) is 1.42. The van der Waals surface area contributed by atoms with E-state index in [1.807, 2.05) is 0 Å². The molecule has 0 radical (unpaired) electrons. The average molecular weight is 228 g/mol. The first-order chi connectivity index (χ1) is 7.59. The Kier molecular flexibility index (Phi) is 5.23. The molecule has 0 heterocycles. The molecule has 0 unspecified atom stereocenters. The minimum absolute atomic E-state index is 0.0151. The van der Waals surface area contributed by atoms with Crippen molar-refractivity contribution in [3.8, 4) is 5.75 Å². The van der Waals surface area contributed by atoms with Gasteiger partial charge in [-0.05, 0) is 30.9 Å². The zero-order valence-corrected chi connectivity index (χ0v) is 9.75. The van der Waals surface area contributed by atoms with Gasteiger partial charge in [0.2, 0.25) is 0 Å². The Balaban J connectivity index is 2.39. The van der Waals surface area contributed by atoms with E-state index in [1.165, 1.54) is 12.1 Å². The predicted molar refractivity (Wildman–Crippen MR) is 61.0 cm³/mol. The zero-order chi connectivity index (χ0) is 12.0. The maximum absolute atomic E-state index is 12.4. The first-order valence-corrected chi connectivity index (χ1v) is 5.60. The second kappa shape index (κ2) is 6.46. The van der Waals surface area contributed by atoms with E-state index in [2.05, 4.69) is 13.8 Å². The SMILES string of the molecule is CC(C)CCCOc1cccc(C(F)F)c1. The van der Waals surface area contributed by atoms with Crippen molar-refractivity contribution in [2.45, 2.75) is 33.1 Å². The van der Waals surface area contributed by atoms with Crippen molar-refractivity contribution in [3.63, 3.8) is 0 Å². The third kappa shape index (κ3) is 4.60. The van der Waals surface area contributed by atoms with Crippen LogP contribution < -0.4 is 4.74 Å². The lowest BCUT2D eigenvalue weighted by molar-refractivity contribution is 0.151. The molecule has 16 heavy (non-hydrogen) atoms. The second-order valence-corrected chi connectivity index (χ2v) is 4.26. The third-order valence-electron chi connectivity index (χ3n) is 2.30. The van der Waals surface area contributed by atoms with Crippen molar-refractivity contribution < 1.29 is 13.5 Å². The number of rotatable bonds is 6. The monoisotopic (exact) mass is 228 g/mol. The quantitative estimate of drug-likeness (QED) is 0.654. The lowest BCUT2D eigenvalue weighted by atomic mass is 10.1. The number of halogens is 2. The highest BCUT2D eigenvalue weighted by atomic mass is 19.3. The molecular weight excluding hydrogens is 210 g/mol. The molecule has 1 rings (SSSR count). The van der Waals surface area contributed by atoms with Crippen LogP contribution in [0.15, 0.2) is 24.3 Å². The van der Waals surface area contributed by atoms with Crippen molar-refractivity contribution in [1.29, 1.82) is 0 Å². The van der Waals surface area contributed by atoms with Gasteiger partial charge >= 0.3 is 0 Å². The molecule has 0 N–H and O–H groups in total. The van der Waals surface area contributed by atoms with Gasteiger partial charge < -0.3 is 4.74 Å². The Hall–Kier alpha value is -1.12. The molecule has 1 aromatic rings. The molecule has 0 spiro atoms. The summed E-state index contributed by atoms with van der Waals surface area (Å²) in [6, 6.07) is 6.12. The molecule has 0 atom stereocenters. The number of benzene rings is 1. The first kappa shape index (κ1) is 12.9. The summed E-state index contributed by atoms with van der Waals surface area (Å²) in [5.41, 5.74) is 0.0151. The molecule has 0 saturated heterocycles. The maximum atomic E-state index is 12.4. The summed E-state index contributed by atoms with van der Waals surface area (Å²) >= 11 is 0. The largest absolute Gasteiger partial charge is 0.494 e. The van der Waals surface area contributed by atoms with Crippen LogP contribution in [0.4, 0.5) is 8.78 Å². The van der Waals surface area contributed by atoms with Gasteiger partial charge in [0.15, 0.2) is 0 Å². The molecule has 1 nitrogen and oxygen atoms in total. The Morgan fingerprint density at radius 3 is 2.62 bits per heavy atom. The topological polar surface area (TPSA) is 9.23 Å². The molecule has 0 aliphatic heterocycles. The van der Waals surface area contributed by atoms with E-state index >= 15 is 0 Å². The molecule has 90 valence electrons. The lowest BCUT2D eigenvalue weighted by Crippen LogP contribution is -2.00. The average Bonchev–Trinajstić information content (AvgIpc) is 2.24. The first-order valence-electron chi connectivity index (χ1n) is 5.60. The molecule has 0 aliphatic rings. The van der Waals surface area contributed by atoms with Crippen molar-refractivity contribution in [1.82, 2.24) is 0 Å². The van der Waals surface area contributed by atoms with Gasteiger partial charge in [0.05, 0.1) is 6.61 Å². The fraction of sp³-hybridized carbons (Fsp3) is 0.538. The Morgan fingerprint density at radius 2 is 2.00 bits per heavy atom. The van der Waals surface area contributed by atoms with Crippen LogP contribution in [0.25, 0.3) is 0 Å². The third-order valence-corrected chi connectivity index (χ3v) is 2.30. The fourth-order valence-corrected chi connectivity index (χ4v) is 1.42. The zero-order valence-electron chi connectivity index (χ0n) is 9.75.